The summed E-state index contributed by atoms with van der Waals surface area (Å²) in [5.74, 6) is 0.378. The number of nitrogens with zero attached hydrogens (tertiary/aromatic N) is 3. The van der Waals surface area contributed by atoms with E-state index in [1.54, 1.807) is 16.7 Å². The number of fused-ring (bicyclic) bond motifs is 4. The SMILES string of the molecule is O=C1CCC(N2Cc3c(SCCCCCCC(=O)Nc4cccc(-c5ccc6c(c5)[C@H]5[C@H](CCN5Cc5ccncc5)[C@@H](CO)N6)c4)cccc3C2=O)C(=O)N1. The predicted molar refractivity (Wildman–Crippen MR) is 217 cm³/mol. The number of benzene rings is 3. The molecule has 290 valence electrons. The van der Waals surface area contributed by atoms with Crippen molar-refractivity contribution in [1.82, 2.24) is 20.1 Å². The Labute approximate surface area is 331 Å². The number of hydrogen-bond acceptors (Lipinski definition) is 9. The molecule has 5 heterocycles. The maximum Gasteiger partial charge on any atom is 0.255 e. The molecule has 12 heteroatoms. The van der Waals surface area contributed by atoms with Crippen LogP contribution in [0.25, 0.3) is 11.1 Å². The van der Waals surface area contributed by atoms with Crippen LogP contribution in [0, 0.1) is 5.92 Å². The van der Waals surface area contributed by atoms with Gasteiger partial charge in [0.25, 0.3) is 5.91 Å². The van der Waals surface area contributed by atoms with Gasteiger partial charge in [0.15, 0.2) is 0 Å². The van der Waals surface area contributed by atoms with Crippen LogP contribution in [0.2, 0.25) is 0 Å². The van der Waals surface area contributed by atoms with E-state index in [1.165, 1.54) is 11.1 Å². The standard InChI is InChI=1S/C44H48N6O5S/c51-27-37-33-18-21-49(25-28-16-19-45-20-17-28)42(33)34-24-30(12-13-36(34)47-37)29-7-5-8-31(23-29)46-40(52)11-3-1-2-4-22-56-39-10-6-9-32-35(39)26-50(44(32)55)38-14-15-41(53)48-43(38)54/h5-10,12-13,16-17,19-20,23-24,33,37-38,42,47,51H,1-4,11,14-15,18,21-22,25-27H2,(H,46,52)(H,48,53,54)/t33-,37-,38?,42-/m1/s1. The molecule has 2 saturated heterocycles. The van der Waals surface area contributed by atoms with E-state index in [9.17, 15) is 24.3 Å². The van der Waals surface area contributed by atoms with Crippen molar-refractivity contribution in [2.75, 3.05) is 29.5 Å². The van der Waals surface area contributed by atoms with Gasteiger partial charge in [0.2, 0.25) is 17.7 Å². The molecule has 0 saturated carbocycles. The number of aliphatic hydroxyl groups excluding tert-OH is 1. The number of hydrogen-bond donors (Lipinski definition) is 4. The minimum absolute atomic E-state index is 0.00634. The van der Waals surface area contributed by atoms with Crippen molar-refractivity contribution >= 4 is 46.8 Å². The van der Waals surface area contributed by atoms with Crippen LogP contribution < -0.4 is 16.0 Å². The fraction of sp³-hybridized carbons (Fsp3) is 0.386. The molecule has 11 nitrogen and oxygen atoms in total. The van der Waals surface area contributed by atoms with Crippen LogP contribution in [-0.4, -0.2) is 74.5 Å². The van der Waals surface area contributed by atoms with Crippen molar-refractivity contribution in [3.8, 4) is 11.1 Å². The van der Waals surface area contributed by atoms with Crippen molar-refractivity contribution in [1.29, 1.82) is 0 Å². The number of aromatic nitrogens is 1. The molecule has 0 radical (unpaired) electrons. The third-order valence-electron chi connectivity index (χ3n) is 11.7. The summed E-state index contributed by atoms with van der Waals surface area (Å²) in [4.78, 5) is 59.5. The molecule has 4 aromatic rings. The first kappa shape index (κ1) is 37.9. The number of nitrogens with one attached hydrogen (secondary N) is 3. The van der Waals surface area contributed by atoms with Gasteiger partial charge in [-0.3, -0.25) is 34.4 Å². The lowest BCUT2D eigenvalue weighted by Gasteiger charge is -2.39. The van der Waals surface area contributed by atoms with Gasteiger partial charge in [-0.05, 0) is 114 Å². The zero-order chi connectivity index (χ0) is 38.6. The quantitative estimate of drug-likeness (QED) is 0.0639. The van der Waals surface area contributed by atoms with E-state index in [2.05, 4.69) is 62.2 Å². The number of imide groups is 1. The Kier molecular flexibility index (Phi) is 11.5. The molecule has 2 fully saturated rings. The number of pyridine rings is 1. The van der Waals surface area contributed by atoms with Crippen molar-refractivity contribution < 1.29 is 24.3 Å². The first-order valence-corrected chi connectivity index (χ1v) is 20.8. The van der Waals surface area contributed by atoms with Crippen LogP contribution in [0.15, 0.2) is 90.1 Å². The van der Waals surface area contributed by atoms with Crippen molar-refractivity contribution in [2.45, 2.75) is 87.5 Å². The molecular weight excluding hydrogens is 725 g/mol. The zero-order valence-electron chi connectivity index (χ0n) is 31.4. The fourth-order valence-electron chi connectivity index (χ4n) is 8.85. The van der Waals surface area contributed by atoms with E-state index >= 15 is 0 Å². The number of rotatable bonds is 14. The molecule has 56 heavy (non-hydrogen) atoms. The van der Waals surface area contributed by atoms with E-state index in [1.807, 2.05) is 48.8 Å². The Balaban J connectivity index is 0.812. The van der Waals surface area contributed by atoms with Gasteiger partial charge in [0.05, 0.1) is 12.6 Å². The largest absolute Gasteiger partial charge is 0.394 e. The Bertz CT molecular complexity index is 2110. The van der Waals surface area contributed by atoms with Gasteiger partial charge in [-0.15, -0.1) is 11.8 Å². The summed E-state index contributed by atoms with van der Waals surface area (Å²) in [6.07, 6.45) is 9.49. The average molecular weight is 773 g/mol. The fourth-order valence-corrected chi connectivity index (χ4v) is 9.95. The minimum Gasteiger partial charge on any atom is -0.394 e. The average Bonchev–Trinajstić information content (AvgIpc) is 3.78. The molecule has 4 amide bonds. The second kappa shape index (κ2) is 17.0. The highest BCUT2D eigenvalue weighted by atomic mass is 32.2. The summed E-state index contributed by atoms with van der Waals surface area (Å²) in [6.45, 7) is 2.28. The Morgan fingerprint density at radius 1 is 0.929 bits per heavy atom. The summed E-state index contributed by atoms with van der Waals surface area (Å²) in [5, 5.41) is 19.3. The minimum atomic E-state index is -0.615. The van der Waals surface area contributed by atoms with Crippen molar-refractivity contribution in [2.24, 2.45) is 5.92 Å². The molecule has 3 aromatic carbocycles. The third kappa shape index (κ3) is 8.09. The Hall–Kier alpha value is -5.04. The highest BCUT2D eigenvalue weighted by Gasteiger charge is 2.44. The van der Waals surface area contributed by atoms with Gasteiger partial charge in [-0.25, -0.2) is 0 Å². The summed E-state index contributed by atoms with van der Waals surface area (Å²) >= 11 is 1.73. The summed E-state index contributed by atoms with van der Waals surface area (Å²) in [7, 11) is 0. The molecule has 1 aromatic heterocycles. The normalized spacial score (nSPS) is 21.6. The highest BCUT2D eigenvalue weighted by molar-refractivity contribution is 7.99. The molecule has 4 aliphatic heterocycles. The number of carbonyl (C=O) groups is 4. The van der Waals surface area contributed by atoms with Gasteiger partial charge in [0, 0.05) is 72.1 Å². The molecule has 0 bridgehead atoms. The van der Waals surface area contributed by atoms with Crippen LogP contribution >= 0.6 is 11.8 Å². The lowest BCUT2D eigenvalue weighted by molar-refractivity contribution is -0.137. The van der Waals surface area contributed by atoms with Crippen molar-refractivity contribution in [3.05, 3.63) is 107 Å². The van der Waals surface area contributed by atoms with Crippen LogP contribution in [0.3, 0.4) is 0 Å². The molecule has 4 N–H and O–H groups in total. The van der Waals surface area contributed by atoms with Crippen LogP contribution in [0.4, 0.5) is 11.4 Å². The maximum atomic E-state index is 13.1. The van der Waals surface area contributed by atoms with Crippen LogP contribution in [-0.2, 0) is 27.5 Å². The van der Waals surface area contributed by atoms with E-state index in [0.29, 0.717) is 30.9 Å². The first-order valence-electron chi connectivity index (χ1n) is 19.8. The van der Waals surface area contributed by atoms with Gasteiger partial charge >= 0.3 is 0 Å². The molecule has 0 aliphatic carbocycles. The van der Waals surface area contributed by atoms with Crippen LogP contribution in [0.1, 0.15) is 84.5 Å². The Morgan fingerprint density at radius 2 is 1.75 bits per heavy atom. The Morgan fingerprint density at radius 3 is 2.59 bits per heavy atom. The summed E-state index contributed by atoms with van der Waals surface area (Å²) in [5.41, 5.74) is 8.05. The third-order valence-corrected chi connectivity index (χ3v) is 12.9. The number of likely N-dealkylation sites (tertiary alicyclic amines) is 1. The van der Waals surface area contributed by atoms with Gasteiger partial charge in [-0.2, -0.15) is 0 Å². The molecule has 4 atom stereocenters. The van der Waals surface area contributed by atoms with E-state index in [-0.39, 0.29) is 42.8 Å². The van der Waals surface area contributed by atoms with E-state index < -0.39 is 11.9 Å². The maximum absolute atomic E-state index is 13.1. The molecule has 4 aliphatic rings. The lowest BCUT2D eigenvalue weighted by Crippen LogP contribution is -2.52. The number of aliphatic hydroxyl groups is 1. The lowest BCUT2D eigenvalue weighted by atomic mass is 9.82. The van der Waals surface area contributed by atoms with Crippen molar-refractivity contribution in [3.63, 3.8) is 0 Å². The zero-order valence-corrected chi connectivity index (χ0v) is 32.2. The monoisotopic (exact) mass is 772 g/mol. The predicted octanol–water partition coefficient (Wildman–Crippen LogP) is 6.54. The number of amides is 4. The van der Waals surface area contributed by atoms with Gasteiger partial charge < -0.3 is 20.6 Å². The molecular formula is C44H48N6O5S. The second-order valence-electron chi connectivity index (χ2n) is 15.3. The van der Waals surface area contributed by atoms with Crippen LogP contribution in [0.5, 0.6) is 0 Å². The number of piperidine rings is 1. The number of carbonyl (C=O) groups excluding carboxylic acids is 4. The first-order chi connectivity index (χ1) is 27.4. The highest BCUT2D eigenvalue weighted by Crippen LogP contribution is 2.48. The van der Waals surface area contributed by atoms with E-state index in [0.717, 1.165) is 83.9 Å². The number of anilines is 2. The topological polar surface area (TPSA) is 144 Å². The smallest absolute Gasteiger partial charge is 0.255 e. The van der Waals surface area contributed by atoms with E-state index in [4.69, 9.17) is 0 Å². The molecule has 0 spiro atoms. The van der Waals surface area contributed by atoms with Gasteiger partial charge in [0.1, 0.15) is 6.04 Å². The van der Waals surface area contributed by atoms with Gasteiger partial charge in [-0.1, -0.05) is 37.1 Å². The number of thioether (sulfide) groups is 1. The molecule has 1 unspecified atom stereocenters. The summed E-state index contributed by atoms with van der Waals surface area (Å²) < 4.78 is 0. The summed E-state index contributed by atoms with van der Waals surface area (Å²) in [6, 6.07) is 24.0. The second-order valence-corrected chi connectivity index (χ2v) is 16.4. The molecule has 8 rings (SSSR count). The number of unbranched alkanes of at least 4 members (excludes halogenated alkanes) is 3.